The number of hydrogen-bond acceptors (Lipinski definition) is 4. The smallest absolute Gasteiger partial charge is 0.286 e. The van der Waals surface area contributed by atoms with Crippen LogP contribution in [0.15, 0.2) is 11.8 Å². The molecule has 4 aliphatic rings. The molecular weight excluding hydrogens is 354 g/mol. The summed E-state index contributed by atoms with van der Waals surface area (Å²) >= 11 is 0. The molecule has 3 saturated carbocycles. The highest BCUT2D eigenvalue weighted by molar-refractivity contribution is 5.91. The first kappa shape index (κ1) is 20.2. The van der Waals surface area contributed by atoms with Crippen molar-refractivity contribution in [3.05, 3.63) is 11.8 Å². The molecule has 1 heterocycles. The predicted molar refractivity (Wildman–Crippen MR) is 107 cm³/mol. The summed E-state index contributed by atoms with van der Waals surface area (Å²) in [4.78, 5) is 13.1. The zero-order valence-electron chi connectivity index (χ0n) is 17.3. The van der Waals surface area contributed by atoms with E-state index in [0.29, 0.717) is 36.2 Å². The van der Waals surface area contributed by atoms with Crippen LogP contribution in [0.5, 0.6) is 0 Å². The number of carbonyl (C=O) groups is 1. The van der Waals surface area contributed by atoms with Crippen LogP contribution >= 0.6 is 0 Å². The third kappa shape index (κ3) is 4.25. The summed E-state index contributed by atoms with van der Waals surface area (Å²) in [7, 11) is 0. The lowest BCUT2D eigenvalue weighted by Gasteiger charge is -2.39. The largest absolute Gasteiger partial charge is 0.459 e. The summed E-state index contributed by atoms with van der Waals surface area (Å²) in [5, 5.41) is 12.6. The minimum absolute atomic E-state index is 0.0501. The molecule has 0 aromatic carbocycles. The van der Waals surface area contributed by atoms with Crippen LogP contribution < -0.4 is 5.32 Å². The average molecular weight is 392 g/mol. The molecule has 6 atom stereocenters. The van der Waals surface area contributed by atoms with Crippen LogP contribution in [0.25, 0.3) is 0 Å². The summed E-state index contributed by atoms with van der Waals surface area (Å²) in [6.07, 6.45) is 13.3. The highest BCUT2D eigenvalue weighted by atomic mass is 16.7. The van der Waals surface area contributed by atoms with E-state index >= 15 is 0 Å². The second-order valence-electron chi connectivity index (χ2n) is 9.38. The summed E-state index contributed by atoms with van der Waals surface area (Å²) < 4.78 is 12.1. The Balaban J connectivity index is 1.50. The van der Waals surface area contributed by atoms with Gasteiger partial charge in [-0.1, -0.05) is 19.3 Å². The average Bonchev–Trinajstić information content (AvgIpc) is 3.45. The second kappa shape index (κ2) is 9.17. The number of allylic oxidation sites excluding steroid dienone is 1. The number of carbonyl (C=O) groups excluding carboxylic acids is 1. The number of nitrogens with one attached hydrogen (secondary N) is 1. The molecule has 3 aliphatic carbocycles. The SMILES string of the molecule is CCO[C@H]1OC(C(=O)NC2CC3CCC2C3)=C[C@@H](C2CCCC2)[C@@H]1CCCO. The Hall–Kier alpha value is -1.07. The number of amides is 1. The quantitative estimate of drug-likeness (QED) is 0.661. The maximum atomic E-state index is 13.1. The lowest BCUT2D eigenvalue weighted by molar-refractivity contribution is -0.176. The molecule has 0 spiro atoms. The first-order valence-corrected chi connectivity index (χ1v) is 11.6. The molecule has 1 amide bonds. The third-order valence-electron chi connectivity index (χ3n) is 7.68. The minimum atomic E-state index is -0.382. The van der Waals surface area contributed by atoms with Gasteiger partial charge < -0.3 is 19.9 Å². The number of aliphatic hydroxyl groups excluding tert-OH is 1. The van der Waals surface area contributed by atoms with E-state index in [1.54, 1.807) is 0 Å². The molecule has 2 bridgehead atoms. The number of fused-ring (bicyclic) bond motifs is 2. The van der Waals surface area contributed by atoms with Crippen molar-refractivity contribution >= 4 is 5.91 Å². The molecule has 5 heteroatoms. The molecule has 3 unspecified atom stereocenters. The van der Waals surface area contributed by atoms with Gasteiger partial charge in [-0.25, -0.2) is 0 Å². The van der Waals surface area contributed by atoms with E-state index in [4.69, 9.17) is 9.47 Å². The van der Waals surface area contributed by atoms with Crippen molar-refractivity contribution in [2.24, 2.45) is 29.6 Å². The van der Waals surface area contributed by atoms with Crippen molar-refractivity contribution in [2.75, 3.05) is 13.2 Å². The van der Waals surface area contributed by atoms with E-state index in [-0.39, 0.29) is 24.7 Å². The zero-order valence-corrected chi connectivity index (χ0v) is 17.3. The number of ether oxygens (including phenoxy) is 2. The first-order chi connectivity index (χ1) is 13.7. The van der Waals surface area contributed by atoms with Gasteiger partial charge in [-0.15, -0.1) is 0 Å². The fraction of sp³-hybridized carbons (Fsp3) is 0.870. The van der Waals surface area contributed by atoms with Crippen molar-refractivity contribution in [2.45, 2.75) is 83.5 Å². The molecule has 0 radical (unpaired) electrons. The molecule has 4 rings (SSSR count). The summed E-state index contributed by atoms with van der Waals surface area (Å²) in [6, 6.07) is 0.318. The van der Waals surface area contributed by atoms with Gasteiger partial charge in [0.15, 0.2) is 5.76 Å². The molecule has 3 fully saturated rings. The van der Waals surface area contributed by atoms with Crippen LogP contribution in [0.4, 0.5) is 0 Å². The van der Waals surface area contributed by atoms with Gasteiger partial charge in [-0.2, -0.15) is 0 Å². The highest BCUT2D eigenvalue weighted by Gasteiger charge is 2.43. The van der Waals surface area contributed by atoms with Gasteiger partial charge in [-0.3, -0.25) is 4.79 Å². The Bertz CT molecular complexity index is 571. The van der Waals surface area contributed by atoms with Crippen LogP contribution in [-0.4, -0.2) is 36.6 Å². The van der Waals surface area contributed by atoms with Gasteiger partial charge in [0.2, 0.25) is 6.29 Å². The van der Waals surface area contributed by atoms with Crippen molar-refractivity contribution in [1.29, 1.82) is 0 Å². The topological polar surface area (TPSA) is 67.8 Å². The van der Waals surface area contributed by atoms with Gasteiger partial charge in [0.25, 0.3) is 5.91 Å². The summed E-state index contributed by atoms with van der Waals surface area (Å²) in [6.45, 7) is 2.73. The molecule has 1 aliphatic heterocycles. The number of hydrogen-bond donors (Lipinski definition) is 2. The third-order valence-corrected chi connectivity index (χ3v) is 7.68. The monoisotopic (exact) mass is 391 g/mol. The normalized spacial score (nSPS) is 37.7. The minimum Gasteiger partial charge on any atom is -0.459 e. The van der Waals surface area contributed by atoms with Crippen LogP contribution in [-0.2, 0) is 14.3 Å². The first-order valence-electron chi connectivity index (χ1n) is 11.6. The van der Waals surface area contributed by atoms with Crippen LogP contribution in [0, 0.1) is 29.6 Å². The molecule has 2 N–H and O–H groups in total. The Morgan fingerprint density at radius 1 is 1.21 bits per heavy atom. The highest BCUT2D eigenvalue weighted by Crippen LogP contribution is 2.45. The van der Waals surface area contributed by atoms with Gasteiger partial charge in [0.1, 0.15) is 0 Å². The molecule has 158 valence electrons. The van der Waals surface area contributed by atoms with Crippen molar-refractivity contribution in [3.63, 3.8) is 0 Å². The Morgan fingerprint density at radius 2 is 2.04 bits per heavy atom. The van der Waals surface area contributed by atoms with E-state index in [9.17, 15) is 9.90 Å². The Morgan fingerprint density at radius 3 is 2.68 bits per heavy atom. The fourth-order valence-electron chi connectivity index (χ4n) is 6.33. The molecular formula is C23H37NO4. The molecule has 5 nitrogen and oxygen atoms in total. The molecule has 0 aromatic rings. The number of rotatable bonds is 8. The van der Waals surface area contributed by atoms with Crippen molar-refractivity contribution in [3.8, 4) is 0 Å². The van der Waals surface area contributed by atoms with Gasteiger partial charge in [0.05, 0.1) is 0 Å². The fourth-order valence-corrected chi connectivity index (χ4v) is 6.33. The van der Waals surface area contributed by atoms with E-state index in [2.05, 4.69) is 11.4 Å². The van der Waals surface area contributed by atoms with E-state index in [0.717, 1.165) is 25.2 Å². The maximum absolute atomic E-state index is 13.1. The zero-order chi connectivity index (χ0) is 19.5. The van der Waals surface area contributed by atoms with Gasteiger partial charge in [0, 0.05) is 25.2 Å². The van der Waals surface area contributed by atoms with Crippen molar-refractivity contribution < 1.29 is 19.4 Å². The lowest BCUT2D eigenvalue weighted by Crippen LogP contribution is -2.44. The van der Waals surface area contributed by atoms with Crippen LogP contribution in [0.2, 0.25) is 0 Å². The number of aliphatic hydroxyl groups is 1. The van der Waals surface area contributed by atoms with Crippen LogP contribution in [0.3, 0.4) is 0 Å². The predicted octanol–water partition coefficient (Wildman–Crippen LogP) is 3.76. The van der Waals surface area contributed by atoms with Crippen LogP contribution in [0.1, 0.15) is 71.1 Å². The summed E-state index contributed by atoms with van der Waals surface area (Å²) in [5.74, 6) is 3.00. The van der Waals surface area contributed by atoms with Gasteiger partial charge >= 0.3 is 0 Å². The van der Waals surface area contributed by atoms with E-state index in [1.807, 2.05) is 6.92 Å². The van der Waals surface area contributed by atoms with Gasteiger partial charge in [-0.05, 0) is 81.6 Å². The molecule has 0 saturated heterocycles. The molecule has 0 aromatic heterocycles. The Kier molecular flexibility index (Phi) is 6.62. The second-order valence-corrected chi connectivity index (χ2v) is 9.38. The maximum Gasteiger partial charge on any atom is 0.286 e. The van der Waals surface area contributed by atoms with E-state index in [1.165, 1.54) is 44.9 Å². The lowest BCUT2D eigenvalue weighted by atomic mass is 9.76. The standard InChI is InChI=1S/C23H37NO4/c1-2-27-23-18(8-5-11-25)19(16-6-3-4-7-16)14-21(28-23)22(26)24-20-13-15-9-10-17(20)12-15/h14-20,23,25H,2-13H2,1H3,(H,24,26)/t15?,17?,18-,19-,20?,23-/m0/s1. The van der Waals surface area contributed by atoms with Crippen molar-refractivity contribution in [1.82, 2.24) is 5.32 Å². The molecule has 28 heavy (non-hydrogen) atoms. The van der Waals surface area contributed by atoms with E-state index < -0.39 is 0 Å². The summed E-state index contributed by atoms with van der Waals surface area (Å²) in [5.41, 5.74) is 0. The Labute approximate surface area is 169 Å².